The molecule has 1 aliphatic carbocycles. The van der Waals surface area contributed by atoms with Crippen molar-refractivity contribution in [2.75, 3.05) is 24.2 Å². The molecule has 0 spiro atoms. The van der Waals surface area contributed by atoms with Crippen molar-refractivity contribution in [1.29, 1.82) is 0 Å². The van der Waals surface area contributed by atoms with Gasteiger partial charge >= 0.3 is 0 Å². The van der Waals surface area contributed by atoms with Gasteiger partial charge in [-0.2, -0.15) is 0 Å². The van der Waals surface area contributed by atoms with Gasteiger partial charge < -0.3 is 21.7 Å². The highest BCUT2D eigenvalue weighted by atomic mass is 16.2. The topological polar surface area (TPSA) is 96.2 Å². The third-order valence-corrected chi connectivity index (χ3v) is 5.52. The van der Waals surface area contributed by atoms with Crippen LogP contribution in [0.2, 0.25) is 0 Å². The predicted octanol–water partition coefficient (Wildman–Crippen LogP) is 3.64. The van der Waals surface area contributed by atoms with E-state index < -0.39 is 6.04 Å². The van der Waals surface area contributed by atoms with Crippen LogP contribution in [0.4, 0.5) is 11.4 Å². The fourth-order valence-electron chi connectivity index (χ4n) is 3.82. The number of unbranched alkanes of at least 4 members (excludes halogenated alkanes) is 1. The molecule has 0 bridgehead atoms. The number of carbonyl (C=O) groups is 2. The molecule has 1 aromatic carbocycles. The van der Waals surface area contributed by atoms with Crippen LogP contribution in [0.15, 0.2) is 24.3 Å². The number of nitrogens with one attached hydrogen (secondary N) is 3. The molecular formula is C22H36N4O2. The minimum atomic E-state index is -0.524. The van der Waals surface area contributed by atoms with Crippen LogP contribution in [0, 0.1) is 5.92 Å². The van der Waals surface area contributed by atoms with Crippen LogP contribution in [0.1, 0.15) is 64.2 Å². The van der Waals surface area contributed by atoms with E-state index in [2.05, 4.69) is 16.0 Å². The number of benzene rings is 1. The Kier molecular flexibility index (Phi) is 9.83. The normalized spacial score (nSPS) is 15.6. The summed E-state index contributed by atoms with van der Waals surface area (Å²) in [5.74, 6) is 0.465. The lowest BCUT2D eigenvalue weighted by molar-refractivity contribution is -0.126. The van der Waals surface area contributed by atoms with Crippen molar-refractivity contribution in [1.82, 2.24) is 5.32 Å². The Balaban J connectivity index is 1.89. The Morgan fingerprint density at radius 2 is 1.89 bits per heavy atom. The van der Waals surface area contributed by atoms with Crippen LogP contribution in [-0.4, -0.2) is 31.4 Å². The molecule has 0 radical (unpaired) electrons. The highest BCUT2D eigenvalue weighted by Crippen LogP contribution is 2.27. The van der Waals surface area contributed by atoms with Gasteiger partial charge in [-0.3, -0.25) is 9.59 Å². The fourth-order valence-corrected chi connectivity index (χ4v) is 3.82. The Morgan fingerprint density at radius 1 is 1.14 bits per heavy atom. The lowest BCUT2D eigenvalue weighted by Crippen LogP contribution is -2.44. The van der Waals surface area contributed by atoms with Gasteiger partial charge in [0.2, 0.25) is 11.8 Å². The summed E-state index contributed by atoms with van der Waals surface area (Å²) in [4.78, 5) is 25.2. The molecule has 6 nitrogen and oxygen atoms in total. The van der Waals surface area contributed by atoms with Crippen LogP contribution >= 0.6 is 0 Å². The molecule has 28 heavy (non-hydrogen) atoms. The van der Waals surface area contributed by atoms with Crippen molar-refractivity contribution in [2.24, 2.45) is 11.7 Å². The average molecular weight is 389 g/mol. The summed E-state index contributed by atoms with van der Waals surface area (Å²) in [6, 6.07) is 7.01. The highest BCUT2D eigenvalue weighted by Gasteiger charge is 2.22. The second-order valence-corrected chi connectivity index (χ2v) is 7.77. The maximum Gasteiger partial charge on any atom is 0.246 e. The first kappa shape index (κ1) is 22.2. The van der Waals surface area contributed by atoms with Crippen molar-refractivity contribution in [2.45, 2.75) is 70.3 Å². The number of carbonyl (C=O) groups excluding carboxylic acids is 2. The maximum atomic E-state index is 12.8. The summed E-state index contributed by atoms with van der Waals surface area (Å²) < 4.78 is 0. The fraction of sp³-hybridized carbons (Fsp3) is 0.636. The van der Waals surface area contributed by atoms with Gasteiger partial charge in [-0.05, 0) is 56.3 Å². The largest absolute Gasteiger partial charge is 0.388 e. The van der Waals surface area contributed by atoms with Crippen LogP contribution < -0.4 is 21.7 Å². The standard InChI is InChI=1S/C22H36N4O2/c1-24-18-10-7-11-19(16-18)25-22(28)20(12-5-6-15-23)26-21(27)14-13-17-8-3-2-4-9-17/h7,10-11,16-17,20,24H,2-6,8-9,12-15,23H2,1H3,(H,25,28)(H,26,27). The molecule has 0 aliphatic heterocycles. The smallest absolute Gasteiger partial charge is 0.246 e. The predicted molar refractivity (Wildman–Crippen MR) is 115 cm³/mol. The lowest BCUT2D eigenvalue weighted by Gasteiger charge is -2.22. The number of hydrogen-bond acceptors (Lipinski definition) is 4. The Labute approximate surface area is 169 Å². The highest BCUT2D eigenvalue weighted by molar-refractivity contribution is 5.97. The summed E-state index contributed by atoms with van der Waals surface area (Å²) in [7, 11) is 1.84. The SMILES string of the molecule is CNc1cccc(NC(=O)C(CCCCN)NC(=O)CCC2CCCCC2)c1. The van der Waals surface area contributed by atoms with E-state index in [1.54, 1.807) is 0 Å². The lowest BCUT2D eigenvalue weighted by atomic mass is 9.86. The molecule has 0 heterocycles. The minimum Gasteiger partial charge on any atom is -0.388 e. The quantitative estimate of drug-likeness (QED) is 0.435. The summed E-state index contributed by atoms with van der Waals surface area (Å²) in [5, 5.41) is 8.94. The molecular weight excluding hydrogens is 352 g/mol. The van der Waals surface area contributed by atoms with Gasteiger partial charge in [0.25, 0.3) is 0 Å². The van der Waals surface area contributed by atoms with E-state index in [1.807, 2.05) is 31.3 Å². The molecule has 0 saturated heterocycles. The summed E-state index contributed by atoms with van der Waals surface area (Å²) in [5.41, 5.74) is 7.23. The molecule has 5 N–H and O–H groups in total. The van der Waals surface area contributed by atoms with Crippen molar-refractivity contribution < 1.29 is 9.59 Å². The maximum absolute atomic E-state index is 12.8. The first-order valence-corrected chi connectivity index (χ1v) is 10.7. The molecule has 2 rings (SSSR count). The average Bonchev–Trinajstić information content (AvgIpc) is 2.72. The summed E-state index contributed by atoms with van der Waals surface area (Å²) in [6.45, 7) is 0.591. The Hall–Kier alpha value is -2.08. The van der Waals surface area contributed by atoms with Gasteiger partial charge in [0.05, 0.1) is 0 Å². The van der Waals surface area contributed by atoms with Crippen LogP contribution in [0.3, 0.4) is 0 Å². The second kappa shape index (κ2) is 12.4. The molecule has 1 atom stereocenters. The first-order chi connectivity index (χ1) is 13.6. The molecule has 2 amide bonds. The van der Waals surface area contributed by atoms with E-state index in [0.29, 0.717) is 25.3 Å². The van der Waals surface area contributed by atoms with Crippen LogP contribution in [0.25, 0.3) is 0 Å². The number of anilines is 2. The minimum absolute atomic E-state index is 0.0255. The van der Waals surface area contributed by atoms with E-state index in [4.69, 9.17) is 5.73 Å². The first-order valence-electron chi connectivity index (χ1n) is 10.7. The molecule has 156 valence electrons. The van der Waals surface area contributed by atoms with Crippen LogP contribution in [-0.2, 0) is 9.59 Å². The molecule has 1 saturated carbocycles. The summed E-state index contributed by atoms with van der Waals surface area (Å²) >= 11 is 0. The Bertz CT molecular complexity index is 614. The third kappa shape index (κ3) is 7.89. The second-order valence-electron chi connectivity index (χ2n) is 7.77. The number of amides is 2. The van der Waals surface area contributed by atoms with Crippen LogP contribution in [0.5, 0.6) is 0 Å². The molecule has 1 aliphatic rings. The van der Waals surface area contributed by atoms with E-state index in [0.717, 1.165) is 30.6 Å². The number of rotatable bonds is 11. The molecule has 1 fully saturated rings. The Morgan fingerprint density at radius 3 is 2.61 bits per heavy atom. The molecule has 6 heteroatoms. The van der Waals surface area contributed by atoms with Crippen molar-refractivity contribution in [3.05, 3.63) is 24.3 Å². The zero-order chi connectivity index (χ0) is 20.2. The van der Waals surface area contributed by atoms with Crippen molar-refractivity contribution >= 4 is 23.2 Å². The van der Waals surface area contributed by atoms with Gasteiger partial charge in [0.15, 0.2) is 0 Å². The van der Waals surface area contributed by atoms with Gasteiger partial charge in [0.1, 0.15) is 6.04 Å². The van der Waals surface area contributed by atoms with E-state index in [1.165, 1.54) is 32.1 Å². The van der Waals surface area contributed by atoms with Gasteiger partial charge in [-0.1, -0.05) is 38.2 Å². The third-order valence-electron chi connectivity index (χ3n) is 5.52. The van der Waals surface area contributed by atoms with Gasteiger partial charge in [-0.15, -0.1) is 0 Å². The molecule has 1 aromatic rings. The van der Waals surface area contributed by atoms with Crippen molar-refractivity contribution in [3.63, 3.8) is 0 Å². The number of nitrogens with two attached hydrogens (primary N) is 1. The number of hydrogen-bond donors (Lipinski definition) is 4. The zero-order valence-corrected chi connectivity index (χ0v) is 17.1. The van der Waals surface area contributed by atoms with E-state index in [-0.39, 0.29) is 11.8 Å². The van der Waals surface area contributed by atoms with E-state index >= 15 is 0 Å². The monoisotopic (exact) mass is 388 g/mol. The molecule has 1 unspecified atom stereocenters. The zero-order valence-electron chi connectivity index (χ0n) is 17.1. The van der Waals surface area contributed by atoms with Gasteiger partial charge in [0, 0.05) is 24.8 Å². The molecule has 0 aromatic heterocycles. The summed E-state index contributed by atoms with van der Waals surface area (Å²) in [6.07, 6.45) is 10.0. The van der Waals surface area contributed by atoms with E-state index in [9.17, 15) is 9.59 Å². The van der Waals surface area contributed by atoms with Gasteiger partial charge in [-0.25, -0.2) is 0 Å². The van der Waals surface area contributed by atoms with Crippen molar-refractivity contribution in [3.8, 4) is 0 Å².